The van der Waals surface area contributed by atoms with Gasteiger partial charge in [0.1, 0.15) is 12.4 Å². The van der Waals surface area contributed by atoms with Gasteiger partial charge < -0.3 is 4.74 Å². The number of hydrogen-bond donors (Lipinski definition) is 0. The van der Waals surface area contributed by atoms with Crippen molar-refractivity contribution in [1.29, 1.82) is 0 Å². The van der Waals surface area contributed by atoms with Gasteiger partial charge in [-0.1, -0.05) is 78.3 Å². The van der Waals surface area contributed by atoms with E-state index in [1.165, 1.54) is 4.68 Å². The first-order valence-corrected chi connectivity index (χ1v) is 11.1. The Morgan fingerprint density at radius 3 is 2.47 bits per heavy atom. The molecule has 0 aliphatic carbocycles. The maximum absolute atomic E-state index is 13.3. The maximum atomic E-state index is 13.3. The third-order valence-corrected chi connectivity index (χ3v) is 5.54. The van der Waals surface area contributed by atoms with E-state index in [1.54, 1.807) is 12.3 Å². The fraction of sp³-hybridized carbons (Fsp3) is 0.0357. The van der Waals surface area contributed by atoms with Crippen LogP contribution in [0.15, 0.2) is 113 Å². The summed E-state index contributed by atoms with van der Waals surface area (Å²) in [6, 6.07) is 31.9. The Morgan fingerprint density at radius 2 is 1.65 bits per heavy atom. The standard InChI is InChI=1S/C28H20ClN3O2/c29-23-15-13-20(14-16-23)19-34-24-10-6-7-21(17-24)18-30-32-27(22-8-2-1-3-9-22)31-26-12-5-4-11-25(26)28(32)33/h1-18H,19H2. The highest BCUT2D eigenvalue weighted by molar-refractivity contribution is 6.30. The van der Waals surface area contributed by atoms with Crippen LogP contribution in [-0.4, -0.2) is 15.9 Å². The van der Waals surface area contributed by atoms with Crippen LogP contribution in [0, 0.1) is 0 Å². The molecule has 0 amide bonds. The van der Waals surface area contributed by atoms with Crippen molar-refractivity contribution in [3.63, 3.8) is 0 Å². The first kappa shape index (κ1) is 21.6. The number of benzene rings is 4. The van der Waals surface area contributed by atoms with Crippen LogP contribution < -0.4 is 10.3 Å². The molecule has 34 heavy (non-hydrogen) atoms. The van der Waals surface area contributed by atoms with E-state index in [0.29, 0.717) is 34.1 Å². The average molecular weight is 466 g/mol. The van der Waals surface area contributed by atoms with Gasteiger partial charge in [0.15, 0.2) is 5.82 Å². The Kier molecular flexibility index (Phi) is 6.19. The Morgan fingerprint density at radius 1 is 0.882 bits per heavy atom. The number of aromatic nitrogens is 2. The van der Waals surface area contributed by atoms with E-state index in [4.69, 9.17) is 21.3 Å². The zero-order valence-corrected chi connectivity index (χ0v) is 18.9. The molecule has 4 aromatic carbocycles. The minimum atomic E-state index is -0.226. The summed E-state index contributed by atoms with van der Waals surface area (Å²) in [5.41, 5.74) is 3.03. The van der Waals surface area contributed by atoms with Crippen molar-refractivity contribution in [2.24, 2.45) is 5.10 Å². The summed E-state index contributed by atoms with van der Waals surface area (Å²) in [4.78, 5) is 18.0. The van der Waals surface area contributed by atoms with Gasteiger partial charge in [-0.2, -0.15) is 9.78 Å². The molecule has 5 nitrogen and oxygen atoms in total. The van der Waals surface area contributed by atoms with Gasteiger partial charge >= 0.3 is 0 Å². The van der Waals surface area contributed by atoms with Crippen LogP contribution in [0.1, 0.15) is 11.1 Å². The smallest absolute Gasteiger partial charge is 0.282 e. The Labute approximate surface area is 201 Å². The van der Waals surface area contributed by atoms with Gasteiger partial charge in [-0.05, 0) is 47.5 Å². The largest absolute Gasteiger partial charge is 0.489 e. The monoisotopic (exact) mass is 465 g/mol. The van der Waals surface area contributed by atoms with Gasteiger partial charge in [0, 0.05) is 10.6 Å². The van der Waals surface area contributed by atoms with Crippen molar-refractivity contribution >= 4 is 28.7 Å². The zero-order chi connectivity index (χ0) is 23.3. The van der Waals surface area contributed by atoms with Gasteiger partial charge in [-0.3, -0.25) is 4.79 Å². The lowest BCUT2D eigenvalue weighted by atomic mass is 10.2. The molecule has 0 aliphatic heterocycles. The molecular weight excluding hydrogens is 446 g/mol. The summed E-state index contributed by atoms with van der Waals surface area (Å²) in [7, 11) is 0. The molecule has 0 saturated heterocycles. The lowest BCUT2D eigenvalue weighted by Crippen LogP contribution is -2.20. The normalized spacial score (nSPS) is 11.2. The van der Waals surface area contributed by atoms with Crippen LogP contribution in [0.5, 0.6) is 5.75 Å². The molecule has 5 aromatic rings. The molecule has 0 unspecified atom stereocenters. The van der Waals surface area contributed by atoms with Crippen molar-refractivity contribution in [3.05, 3.63) is 130 Å². The Hall–Kier alpha value is -4.22. The molecule has 166 valence electrons. The van der Waals surface area contributed by atoms with E-state index < -0.39 is 0 Å². The predicted molar refractivity (Wildman–Crippen MR) is 137 cm³/mol. The molecule has 0 aliphatic rings. The lowest BCUT2D eigenvalue weighted by molar-refractivity contribution is 0.306. The number of fused-ring (bicyclic) bond motifs is 1. The molecule has 0 bridgehead atoms. The highest BCUT2D eigenvalue weighted by Gasteiger charge is 2.12. The first-order valence-electron chi connectivity index (χ1n) is 10.8. The summed E-state index contributed by atoms with van der Waals surface area (Å²) in [5.74, 6) is 1.18. The van der Waals surface area contributed by atoms with Crippen LogP contribution in [-0.2, 0) is 6.61 Å². The number of nitrogens with zero attached hydrogens (tertiary/aromatic N) is 3. The van der Waals surface area contributed by atoms with E-state index in [1.807, 2.05) is 97.1 Å². The minimum Gasteiger partial charge on any atom is -0.489 e. The van der Waals surface area contributed by atoms with Crippen molar-refractivity contribution in [3.8, 4) is 17.1 Å². The molecule has 0 atom stereocenters. The number of ether oxygens (including phenoxy) is 1. The molecule has 0 saturated carbocycles. The fourth-order valence-corrected chi connectivity index (χ4v) is 3.69. The molecule has 0 fully saturated rings. The molecule has 0 N–H and O–H groups in total. The third-order valence-electron chi connectivity index (χ3n) is 5.28. The number of halogens is 1. The molecule has 0 radical (unpaired) electrons. The number of hydrogen-bond acceptors (Lipinski definition) is 4. The fourth-order valence-electron chi connectivity index (χ4n) is 3.56. The minimum absolute atomic E-state index is 0.226. The zero-order valence-electron chi connectivity index (χ0n) is 18.1. The van der Waals surface area contributed by atoms with E-state index in [9.17, 15) is 4.79 Å². The molecule has 0 spiro atoms. The lowest BCUT2D eigenvalue weighted by Gasteiger charge is -2.10. The summed E-state index contributed by atoms with van der Waals surface area (Å²) >= 11 is 5.94. The Balaban J connectivity index is 1.47. The second-order valence-corrected chi connectivity index (χ2v) is 8.10. The Bertz CT molecular complexity index is 1530. The molecule has 1 aromatic heterocycles. The summed E-state index contributed by atoms with van der Waals surface area (Å²) < 4.78 is 7.26. The van der Waals surface area contributed by atoms with E-state index in [0.717, 1.165) is 16.7 Å². The topological polar surface area (TPSA) is 56.5 Å². The quantitative estimate of drug-likeness (QED) is 0.281. The SMILES string of the molecule is O=c1c2ccccc2nc(-c2ccccc2)n1N=Cc1cccc(OCc2ccc(Cl)cc2)c1. The maximum Gasteiger partial charge on any atom is 0.282 e. The van der Waals surface area contributed by atoms with Crippen molar-refractivity contribution < 1.29 is 4.74 Å². The van der Waals surface area contributed by atoms with Crippen LogP contribution >= 0.6 is 11.6 Å². The summed E-state index contributed by atoms with van der Waals surface area (Å²) in [6.45, 7) is 0.421. The third kappa shape index (κ3) is 4.75. The molecule has 1 heterocycles. The molecule has 5 rings (SSSR count). The second kappa shape index (κ2) is 9.73. The highest BCUT2D eigenvalue weighted by atomic mass is 35.5. The number of para-hydroxylation sites is 1. The van der Waals surface area contributed by atoms with Crippen LogP contribution in [0.3, 0.4) is 0 Å². The van der Waals surface area contributed by atoms with E-state index >= 15 is 0 Å². The van der Waals surface area contributed by atoms with Gasteiger partial charge in [0.25, 0.3) is 5.56 Å². The molecular formula is C28H20ClN3O2. The number of rotatable bonds is 6. The summed E-state index contributed by atoms with van der Waals surface area (Å²) in [5, 5.41) is 5.72. The van der Waals surface area contributed by atoms with Crippen LogP contribution in [0.2, 0.25) is 5.02 Å². The molecule has 6 heteroatoms. The van der Waals surface area contributed by atoms with E-state index in [2.05, 4.69) is 5.10 Å². The van der Waals surface area contributed by atoms with E-state index in [-0.39, 0.29) is 5.56 Å². The average Bonchev–Trinajstić information content (AvgIpc) is 2.88. The first-order chi connectivity index (χ1) is 16.7. The van der Waals surface area contributed by atoms with Gasteiger partial charge in [-0.15, -0.1) is 0 Å². The van der Waals surface area contributed by atoms with Gasteiger partial charge in [0.2, 0.25) is 0 Å². The van der Waals surface area contributed by atoms with Gasteiger partial charge in [-0.25, -0.2) is 4.98 Å². The van der Waals surface area contributed by atoms with Crippen molar-refractivity contribution in [1.82, 2.24) is 9.66 Å². The van der Waals surface area contributed by atoms with Gasteiger partial charge in [0.05, 0.1) is 17.1 Å². The van der Waals surface area contributed by atoms with Crippen LogP contribution in [0.25, 0.3) is 22.3 Å². The predicted octanol–water partition coefficient (Wildman–Crippen LogP) is 6.18. The second-order valence-electron chi connectivity index (χ2n) is 7.67. The summed E-state index contributed by atoms with van der Waals surface area (Å²) in [6.07, 6.45) is 1.64. The van der Waals surface area contributed by atoms with Crippen molar-refractivity contribution in [2.45, 2.75) is 6.61 Å². The van der Waals surface area contributed by atoms with Crippen molar-refractivity contribution in [2.75, 3.05) is 0 Å². The highest BCUT2D eigenvalue weighted by Crippen LogP contribution is 2.19. The van der Waals surface area contributed by atoms with Crippen LogP contribution in [0.4, 0.5) is 0 Å².